The minimum atomic E-state index is -0.300. The molecule has 2 heterocycles. The average molecular weight is 213 g/mol. The summed E-state index contributed by atoms with van der Waals surface area (Å²) in [7, 11) is 0. The first-order valence-corrected chi connectivity index (χ1v) is 5.66. The lowest BCUT2D eigenvalue weighted by Crippen LogP contribution is -2.51. The molecular weight excluding hydrogens is 194 g/mol. The number of nitrogens with zero attached hydrogens (tertiary/aromatic N) is 1. The highest BCUT2D eigenvalue weighted by Gasteiger charge is 2.33. The van der Waals surface area contributed by atoms with Gasteiger partial charge in [-0.3, -0.25) is 4.79 Å². The van der Waals surface area contributed by atoms with E-state index in [1.165, 1.54) is 0 Å². The standard InChI is InChI=1S/C10H19N3O2/c11-6-8-2-1-4-13(8)10(14)9-7-12-3-5-15-9/h8-9,12H,1-7,11H2/t8?,9-/m1/s1. The molecule has 5 heteroatoms. The second-order valence-corrected chi connectivity index (χ2v) is 4.13. The van der Waals surface area contributed by atoms with Gasteiger partial charge in [0.15, 0.2) is 0 Å². The van der Waals surface area contributed by atoms with Crippen molar-refractivity contribution < 1.29 is 9.53 Å². The van der Waals surface area contributed by atoms with Gasteiger partial charge in [-0.2, -0.15) is 0 Å². The summed E-state index contributed by atoms with van der Waals surface area (Å²) in [6.07, 6.45) is 1.79. The van der Waals surface area contributed by atoms with E-state index in [1.807, 2.05) is 4.90 Å². The Morgan fingerprint density at radius 3 is 3.13 bits per heavy atom. The minimum absolute atomic E-state index is 0.107. The number of ether oxygens (including phenoxy) is 1. The van der Waals surface area contributed by atoms with Crippen molar-refractivity contribution in [1.29, 1.82) is 0 Å². The predicted molar refractivity (Wildman–Crippen MR) is 56.4 cm³/mol. The molecule has 0 spiro atoms. The van der Waals surface area contributed by atoms with Crippen molar-refractivity contribution in [1.82, 2.24) is 10.2 Å². The maximum absolute atomic E-state index is 12.1. The summed E-state index contributed by atoms with van der Waals surface area (Å²) in [4.78, 5) is 14.0. The zero-order valence-electron chi connectivity index (χ0n) is 8.95. The van der Waals surface area contributed by atoms with Crippen LogP contribution < -0.4 is 11.1 Å². The number of hydrogen-bond donors (Lipinski definition) is 2. The number of morpholine rings is 1. The molecule has 1 unspecified atom stereocenters. The molecule has 2 rings (SSSR count). The Balaban J connectivity index is 1.93. The highest BCUT2D eigenvalue weighted by atomic mass is 16.5. The Morgan fingerprint density at radius 2 is 2.47 bits per heavy atom. The van der Waals surface area contributed by atoms with Crippen molar-refractivity contribution in [2.75, 3.05) is 32.8 Å². The molecule has 0 saturated carbocycles. The molecule has 2 atom stereocenters. The Labute approximate surface area is 89.9 Å². The van der Waals surface area contributed by atoms with Crippen LogP contribution in [-0.4, -0.2) is 55.7 Å². The van der Waals surface area contributed by atoms with Crippen LogP contribution in [-0.2, 0) is 9.53 Å². The third-order valence-corrected chi connectivity index (χ3v) is 3.14. The van der Waals surface area contributed by atoms with Crippen LogP contribution in [0.3, 0.4) is 0 Å². The molecule has 2 aliphatic heterocycles. The molecule has 5 nitrogen and oxygen atoms in total. The van der Waals surface area contributed by atoms with Crippen molar-refractivity contribution in [3.63, 3.8) is 0 Å². The van der Waals surface area contributed by atoms with Gasteiger partial charge in [-0.05, 0) is 12.8 Å². The van der Waals surface area contributed by atoms with Crippen LogP contribution in [0.5, 0.6) is 0 Å². The number of rotatable bonds is 2. The second kappa shape index (κ2) is 4.92. The van der Waals surface area contributed by atoms with E-state index in [2.05, 4.69) is 5.32 Å². The number of carbonyl (C=O) groups excluding carboxylic acids is 1. The fraction of sp³-hybridized carbons (Fsp3) is 0.900. The molecule has 1 amide bonds. The first-order chi connectivity index (χ1) is 7.33. The lowest BCUT2D eigenvalue weighted by Gasteiger charge is -2.30. The fourth-order valence-electron chi connectivity index (χ4n) is 2.28. The molecule has 2 fully saturated rings. The summed E-state index contributed by atoms with van der Waals surface area (Å²) in [5.41, 5.74) is 5.64. The number of nitrogens with one attached hydrogen (secondary N) is 1. The highest BCUT2D eigenvalue weighted by Crippen LogP contribution is 2.18. The quantitative estimate of drug-likeness (QED) is 0.612. The van der Waals surface area contributed by atoms with E-state index in [4.69, 9.17) is 10.5 Å². The zero-order chi connectivity index (χ0) is 10.7. The van der Waals surface area contributed by atoms with Gasteiger partial charge in [0.2, 0.25) is 0 Å². The van der Waals surface area contributed by atoms with Crippen molar-refractivity contribution >= 4 is 5.91 Å². The van der Waals surface area contributed by atoms with E-state index in [0.717, 1.165) is 25.9 Å². The van der Waals surface area contributed by atoms with Gasteiger partial charge in [-0.1, -0.05) is 0 Å². The summed E-state index contributed by atoms with van der Waals surface area (Å²) in [6.45, 7) is 3.49. The van der Waals surface area contributed by atoms with E-state index < -0.39 is 0 Å². The highest BCUT2D eigenvalue weighted by molar-refractivity contribution is 5.82. The van der Waals surface area contributed by atoms with Crippen molar-refractivity contribution in [3.8, 4) is 0 Å². The molecular formula is C10H19N3O2. The SMILES string of the molecule is NCC1CCCN1C(=O)[C@H]1CNCCO1. The van der Waals surface area contributed by atoms with Gasteiger partial charge in [-0.15, -0.1) is 0 Å². The van der Waals surface area contributed by atoms with Gasteiger partial charge in [0.25, 0.3) is 5.91 Å². The topological polar surface area (TPSA) is 67.6 Å². The number of likely N-dealkylation sites (tertiary alicyclic amines) is 1. The molecule has 3 N–H and O–H groups in total. The summed E-state index contributed by atoms with van der Waals surface area (Å²) in [5, 5.41) is 3.17. The second-order valence-electron chi connectivity index (χ2n) is 4.13. The first-order valence-electron chi connectivity index (χ1n) is 5.66. The predicted octanol–water partition coefficient (Wildman–Crippen LogP) is -1.08. The van der Waals surface area contributed by atoms with Gasteiger partial charge in [0, 0.05) is 32.2 Å². The summed E-state index contributed by atoms with van der Waals surface area (Å²) in [5.74, 6) is 0.107. The van der Waals surface area contributed by atoms with Crippen LogP contribution in [0, 0.1) is 0 Å². The van der Waals surface area contributed by atoms with Crippen LogP contribution in [0.15, 0.2) is 0 Å². The average Bonchev–Trinajstić information content (AvgIpc) is 2.77. The molecule has 2 aliphatic rings. The van der Waals surface area contributed by atoms with Gasteiger partial charge >= 0.3 is 0 Å². The Morgan fingerprint density at radius 1 is 1.60 bits per heavy atom. The largest absolute Gasteiger partial charge is 0.366 e. The molecule has 0 aromatic carbocycles. The van der Waals surface area contributed by atoms with Crippen LogP contribution in [0.1, 0.15) is 12.8 Å². The number of nitrogens with two attached hydrogens (primary N) is 1. The van der Waals surface area contributed by atoms with E-state index in [9.17, 15) is 4.79 Å². The molecule has 0 aromatic rings. The molecule has 0 bridgehead atoms. The number of hydrogen-bond acceptors (Lipinski definition) is 4. The van der Waals surface area contributed by atoms with Crippen LogP contribution in [0.2, 0.25) is 0 Å². The van der Waals surface area contributed by atoms with E-state index in [-0.39, 0.29) is 18.1 Å². The summed E-state index contributed by atoms with van der Waals surface area (Å²) < 4.78 is 5.45. The van der Waals surface area contributed by atoms with Crippen LogP contribution in [0.25, 0.3) is 0 Å². The van der Waals surface area contributed by atoms with Crippen LogP contribution >= 0.6 is 0 Å². The van der Waals surface area contributed by atoms with Crippen molar-refractivity contribution in [3.05, 3.63) is 0 Å². The molecule has 86 valence electrons. The third-order valence-electron chi connectivity index (χ3n) is 3.14. The maximum atomic E-state index is 12.1. The third kappa shape index (κ3) is 2.30. The zero-order valence-corrected chi connectivity index (χ0v) is 8.95. The summed E-state index contributed by atoms with van der Waals surface area (Å²) >= 11 is 0. The number of amides is 1. The molecule has 2 saturated heterocycles. The first kappa shape index (κ1) is 10.9. The van der Waals surface area contributed by atoms with Crippen molar-refractivity contribution in [2.24, 2.45) is 5.73 Å². The molecule has 0 aromatic heterocycles. The number of carbonyl (C=O) groups is 1. The van der Waals surface area contributed by atoms with E-state index in [1.54, 1.807) is 0 Å². The van der Waals surface area contributed by atoms with E-state index in [0.29, 0.717) is 19.7 Å². The Bertz CT molecular complexity index is 229. The van der Waals surface area contributed by atoms with Crippen molar-refractivity contribution in [2.45, 2.75) is 25.0 Å². The van der Waals surface area contributed by atoms with Gasteiger partial charge < -0.3 is 20.7 Å². The fourth-order valence-corrected chi connectivity index (χ4v) is 2.28. The lowest BCUT2D eigenvalue weighted by atomic mass is 10.2. The minimum Gasteiger partial charge on any atom is -0.366 e. The Hall–Kier alpha value is -0.650. The van der Waals surface area contributed by atoms with Crippen LogP contribution in [0.4, 0.5) is 0 Å². The monoisotopic (exact) mass is 213 g/mol. The molecule has 0 radical (unpaired) electrons. The summed E-state index contributed by atoms with van der Waals surface area (Å²) in [6, 6.07) is 0.225. The Kier molecular flexibility index (Phi) is 3.56. The van der Waals surface area contributed by atoms with Gasteiger partial charge in [0.05, 0.1) is 6.61 Å². The van der Waals surface area contributed by atoms with Gasteiger partial charge in [-0.25, -0.2) is 0 Å². The smallest absolute Gasteiger partial charge is 0.253 e. The normalized spacial score (nSPS) is 31.9. The molecule has 0 aliphatic carbocycles. The lowest BCUT2D eigenvalue weighted by molar-refractivity contribution is -0.145. The van der Waals surface area contributed by atoms with Gasteiger partial charge in [0.1, 0.15) is 6.10 Å². The van der Waals surface area contributed by atoms with E-state index >= 15 is 0 Å². The molecule has 15 heavy (non-hydrogen) atoms. The maximum Gasteiger partial charge on any atom is 0.253 e.